The third-order valence-electron chi connectivity index (χ3n) is 5.25. The fourth-order valence-corrected chi connectivity index (χ4v) is 4.57. The SMILES string of the molecule is Cc1ccc(S(=O)(=O)Nc2cc(C(=O)N(C)C3CCCC3)ccc2C)cc1. The molecule has 1 aliphatic carbocycles. The largest absolute Gasteiger partial charge is 0.339 e. The normalized spacial score (nSPS) is 14.9. The number of benzene rings is 2. The van der Waals surface area contributed by atoms with Crippen molar-refractivity contribution in [3.8, 4) is 0 Å². The minimum absolute atomic E-state index is 0.0716. The quantitative estimate of drug-likeness (QED) is 0.841. The summed E-state index contributed by atoms with van der Waals surface area (Å²) in [4.78, 5) is 14.8. The number of anilines is 1. The van der Waals surface area contributed by atoms with Crippen molar-refractivity contribution in [2.75, 3.05) is 11.8 Å². The van der Waals surface area contributed by atoms with Crippen LogP contribution in [-0.2, 0) is 10.0 Å². The molecule has 0 aliphatic heterocycles. The van der Waals surface area contributed by atoms with Gasteiger partial charge in [-0.1, -0.05) is 36.6 Å². The summed E-state index contributed by atoms with van der Waals surface area (Å²) in [6.07, 6.45) is 4.36. The Labute approximate surface area is 161 Å². The van der Waals surface area contributed by atoms with Crippen molar-refractivity contribution in [1.82, 2.24) is 4.90 Å². The molecule has 6 heteroatoms. The van der Waals surface area contributed by atoms with Crippen LogP contribution in [0.5, 0.6) is 0 Å². The topological polar surface area (TPSA) is 66.5 Å². The van der Waals surface area contributed by atoms with Gasteiger partial charge in [0, 0.05) is 18.7 Å². The molecule has 3 rings (SSSR count). The Balaban J connectivity index is 1.84. The number of carbonyl (C=O) groups is 1. The molecule has 0 heterocycles. The zero-order valence-electron chi connectivity index (χ0n) is 16.0. The highest BCUT2D eigenvalue weighted by atomic mass is 32.2. The summed E-state index contributed by atoms with van der Waals surface area (Å²) in [7, 11) is -1.88. The molecule has 0 aromatic heterocycles. The van der Waals surface area contributed by atoms with Crippen LogP contribution in [0, 0.1) is 13.8 Å². The Bertz CT molecular complexity index is 930. The van der Waals surface area contributed by atoms with Crippen molar-refractivity contribution in [2.24, 2.45) is 0 Å². The van der Waals surface area contributed by atoms with Gasteiger partial charge < -0.3 is 4.90 Å². The monoisotopic (exact) mass is 386 g/mol. The second-order valence-electron chi connectivity index (χ2n) is 7.30. The van der Waals surface area contributed by atoms with Gasteiger partial charge in [0.1, 0.15) is 0 Å². The summed E-state index contributed by atoms with van der Waals surface area (Å²) >= 11 is 0. The van der Waals surface area contributed by atoms with Gasteiger partial charge in [-0.15, -0.1) is 0 Å². The first kappa shape index (κ1) is 19.4. The molecule has 27 heavy (non-hydrogen) atoms. The van der Waals surface area contributed by atoms with Gasteiger partial charge in [-0.05, 0) is 56.5 Å². The summed E-state index contributed by atoms with van der Waals surface area (Å²) in [5.74, 6) is -0.0716. The zero-order chi connectivity index (χ0) is 19.6. The maximum Gasteiger partial charge on any atom is 0.261 e. The Morgan fingerprint density at radius 2 is 1.67 bits per heavy atom. The lowest BCUT2D eigenvalue weighted by molar-refractivity contribution is 0.0735. The molecule has 144 valence electrons. The van der Waals surface area contributed by atoms with E-state index in [0.717, 1.165) is 36.8 Å². The van der Waals surface area contributed by atoms with Gasteiger partial charge >= 0.3 is 0 Å². The molecular formula is C21H26N2O3S. The number of rotatable bonds is 5. The van der Waals surface area contributed by atoms with Crippen LogP contribution >= 0.6 is 0 Å². The average Bonchev–Trinajstić information content (AvgIpc) is 3.17. The molecule has 0 radical (unpaired) electrons. The summed E-state index contributed by atoms with van der Waals surface area (Å²) in [6, 6.07) is 12.1. The van der Waals surface area contributed by atoms with Crippen molar-refractivity contribution < 1.29 is 13.2 Å². The predicted octanol–water partition coefficient (Wildman–Crippen LogP) is 4.12. The maximum atomic E-state index is 12.8. The summed E-state index contributed by atoms with van der Waals surface area (Å²) in [6.45, 7) is 3.73. The highest BCUT2D eigenvalue weighted by Crippen LogP contribution is 2.26. The number of aryl methyl sites for hydroxylation is 2. The number of nitrogens with zero attached hydrogens (tertiary/aromatic N) is 1. The van der Waals surface area contributed by atoms with Gasteiger partial charge in [0.15, 0.2) is 0 Å². The minimum Gasteiger partial charge on any atom is -0.339 e. The molecule has 5 nitrogen and oxygen atoms in total. The van der Waals surface area contributed by atoms with Gasteiger partial charge in [0.25, 0.3) is 15.9 Å². The first-order chi connectivity index (χ1) is 12.8. The fourth-order valence-electron chi connectivity index (χ4n) is 3.45. The van der Waals surface area contributed by atoms with Gasteiger partial charge in [0.2, 0.25) is 0 Å². The molecule has 2 aromatic carbocycles. The number of sulfonamides is 1. The lowest BCUT2D eigenvalue weighted by Crippen LogP contribution is -2.35. The molecular weight excluding hydrogens is 360 g/mol. The van der Waals surface area contributed by atoms with Crippen LogP contribution in [0.2, 0.25) is 0 Å². The van der Waals surface area contributed by atoms with E-state index < -0.39 is 10.0 Å². The minimum atomic E-state index is -3.71. The van der Waals surface area contributed by atoms with E-state index in [1.54, 1.807) is 47.4 Å². The second kappa shape index (κ2) is 7.72. The highest BCUT2D eigenvalue weighted by Gasteiger charge is 2.25. The Morgan fingerprint density at radius 1 is 1.04 bits per heavy atom. The molecule has 0 atom stereocenters. The smallest absolute Gasteiger partial charge is 0.261 e. The standard InChI is InChI=1S/C21H26N2O3S/c1-15-8-12-19(13-9-15)27(25,26)22-20-14-17(11-10-16(20)2)21(24)23(3)18-6-4-5-7-18/h8-14,18,22H,4-7H2,1-3H3. The van der Waals surface area contributed by atoms with Crippen LogP contribution in [0.1, 0.15) is 47.2 Å². The number of carbonyl (C=O) groups excluding carboxylic acids is 1. The number of hydrogen-bond donors (Lipinski definition) is 1. The number of nitrogens with one attached hydrogen (secondary N) is 1. The first-order valence-corrected chi connectivity index (χ1v) is 10.7. The van der Waals surface area contributed by atoms with Crippen molar-refractivity contribution >= 4 is 21.6 Å². The molecule has 0 bridgehead atoms. The van der Waals surface area contributed by atoms with Gasteiger partial charge in [-0.3, -0.25) is 9.52 Å². The molecule has 1 N–H and O–H groups in total. The molecule has 1 amide bonds. The molecule has 2 aromatic rings. The van der Waals surface area contributed by atoms with Gasteiger partial charge in [-0.2, -0.15) is 0 Å². The predicted molar refractivity (Wildman–Crippen MR) is 108 cm³/mol. The van der Waals surface area contributed by atoms with E-state index in [-0.39, 0.29) is 16.8 Å². The highest BCUT2D eigenvalue weighted by molar-refractivity contribution is 7.92. The zero-order valence-corrected chi connectivity index (χ0v) is 16.8. The van der Waals surface area contributed by atoms with Crippen LogP contribution in [0.4, 0.5) is 5.69 Å². The van der Waals surface area contributed by atoms with E-state index in [4.69, 9.17) is 0 Å². The lowest BCUT2D eigenvalue weighted by atomic mass is 10.1. The van der Waals surface area contributed by atoms with E-state index in [2.05, 4.69) is 4.72 Å². The summed E-state index contributed by atoms with van der Waals surface area (Å²) in [5.41, 5.74) is 2.69. The molecule has 1 fully saturated rings. The van der Waals surface area contributed by atoms with Gasteiger partial charge in [-0.25, -0.2) is 8.42 Å². The third kappa shape index (κ3) is 4.33. The van der Waals surface area contributed by atoms with Crippen molar-refractivity contribution in [3.05, 3.63) is 59.2 Å². The van der Waals surface area contributed by atoms with Crippen LogP contribution in [0.25, 0.3) is 0 Å². The van der Waals surface area contributed by atoms with Crippen LogP contribution in [-0.4, -0.2) is 32.3 Å². The molecule has 0 saturated heterocycles. The third-order valence-corrected chi connectivity index (χ3v) is 6.63. The molecule has 0 unspecified atom stereocenters. The number of hydrogen-bond acceptors (Lipinski definition) is 3. The van der Waals surface area contributed by atoms with E-state index in [9.17, 15) is 13.2 Å². The van der Waals surface area contributed by atoms with E-state index in [0.29, 0.717) is 11.3 Å². The lowest BCUT2D eigenvalue weighted by Gasteiger charge is -2.24. The van der Waals surface area contributed by atoms with E-state index >= 15 is 0 Å². The van der Waals surface area contributed by atoms with Crippen LogP contribution < -0.4 is 4.72 Å². The van der Waals surface area contributed by atoms with Crippen molar-refractivity contribution in [1.29, 1.82) is 0 Å². The summed E-state index contributed by atoms with van der Waals surface area (Å²) in [5, 5.41) is 0. The van der Waals surface area contributed by atoms with Crippen molar-refractivity contribution in [2.45, 2.75) is 50.5 Å². The molecule has 1 saturated carbocycles. The van der Waals surface area contributed by atoms with E-state index in [1.807, 2.05) is 20.9 Å². The second-order valence-corrected chi connectivity index (χ2v) is 8.98. The van der Waals surface area contributed by atoms with Gasteiger partial charge in [0.05, 0.1) is 10.6 Å². The van der Waals surface area contributed by atoms with Crippen LogP contribution in [0.15, 0.2) is 47.4 Å². The van der Waals surface area contributed by atoms with Crippen LogP contribution in [0.3, 0.4) is 0 Å². The molecule has 0 spiro atoms. The average molecular weight is 387 g/mol. The Morgan fingerprint density at radius 3 is 2.30 bits per heavy atom. The number of amides is 1. The van der Waals surface area contributed by atoms with Crippen molar-refractivity contribution in [3.63, 3.8) is 0 Å². The maximum absolute atomic E-state index is 12.8. The fraction of sp³-hybridized carbons (Fsp3) is 0.381. The molecule has 1 aliphatic rings. The summed E-state index contributed by atoms with van der Waals surface area (Å²) < 4.78 is 28.0. The Kier molecular flexibility index (Phi) is 5.56. The first-order valence-electron chi connectivity index (χ1n) is 9.25. The van der Waals surface area contributed by atoms with E-state index in [1.165, 1.54) is 0 Å². The Hall–Kier alpha value is -2.34.